The second-order valence-electron chi connectivity index (χ2n) is 4.98. The van der Waals surface area contributed by atoms with Crippen molar-refractivity contribution >= 4 is 31.6 Å². The van der Waals surface area contributed by atoms with Gasteiger partial charge in [-0.1, -0.05) is 6.92 Å². The minimum Gasteiger partial charge on any atom is -0.396 e. The van der Waals surface area contributed by atoms with E-state index in [1.165, 1.54) is 0 Å². The third kappa shape index (κ3) is 3.09. The molecule has 0 saturated heterocycles. The molecule has 0 aromatic heterocycles. The number of anilines is 1. The van der Waals surface area contributed by atoms with Gasteiger partial charge in [0.2, 0.25) is 10.0 Å². The molecule has 0 amide bonds. The van der Waals surface area contributed by atoms with Crippen molar-refractivity contribution in [2.24, 2.45) is 5.41 Å². The molecule has 1 aromatic carbocycles. The van der Waals surface area contributed by atoms with Gasteiger partial charge in [0.25, 0.3) is 0 Å². The summed E-state index contributed by atoms with van der Waals surface area (Å²) in [5, 5.41) is 0. The highest BCUT2D eigenvalue weighted by Gasteiger charge is 2.41. The van der Waals surface area contributed by atoms with Gasteiger partial charge in [-0.05, 0) is 52.7 Å². The summed E-state index contributed by atoms with van der Waals surface area (Å²) in [5.41, 5.74) is 5.34. The van der Waals surface area contributed by atoms with Crippen molar-refractivity contribution in [2.45, 2.75) is 31.1 Å². The highest BCUT2D eigenvalue weighted by atomic mass is 79.9. The lowest BCUT2D eigenvalue weighted by Gasteiger charge is -2.15. The summed E-state index contributed by atoms with van der Waals surface area (Å²) in [6, 6.07) is 2.20. The smallest absolute Gasteiger partial charge is 0.241 e. The summed E-state index contributed by atoms with van der Waals surface area (Å²) in [6.07, 6.45) is 3.03. The van der Waals surface area contributed by atoms with Gasteiger partial charge in [0, 0.05) is 11.0 Å². The Morgan fingerprint density at radius 1 is 1.47 bits per heavy atom. The molecule has 0 unspecified atom stereocenters. The molecular weight excluding hydrogens is 335 g/mol. The van der Waals surface area contributed by atoms with Gasteiger partial charge in [0.1, 0.15) is 5.82 Å². The van der Waals surface area contributed by atoms with Crippen LogP contribution in [0.25, 0.3) is 0 Å². The van der Waals surface area contributed by atoms with E-state index in [1.807, 2.05) is 6.92 Å². The van der Waals surface area contributed by atoms with Crippen molar-refractivity contribution in [3.05, 3.63) is 22.4 Å². The van der Waals surface area contributed by atoms with E-state index in [0.29, 0.717) is 6.54 Å². The van der Waals surface area contributed by atoms with Crippen LogP contribution in [0.15, 0.2) is 21.5 Å². The molecule has 1 saturated carbocycles. The van der Waals surface area contributed by atoms with E-state index in [2.05, 4.69) is 20.7 Å². The molecule has 2 rings (SSSR count). The molecule has 1 fully saturated rings. The molecular formula is C12H16BrFN2O2S. The van der Waals surface area contributed by atoms with Crippen LogP contribution < -0.4 is 10.5 Å². The molecule has 0 aliphatic heterocycles. The third-order valence-corrected chi connectivity index (χ3v) is 6.04. The molecule has 0 atom stereocenters. The van der Waals surface area contributed by atoms with Gasteiger partial charge < -0.3 is 5.73 Å². The Labute approximate surface area is 120 Å². The minimum atomic E-state index is -3.68. The average Bonchev–Trinajstić information content (AvgIpc) is 3.12. The number of nitrogens with one attached hydrogen (secondary N) is 1. The van der Waals surface area contributed by atoms with Crippen LogP contribution in [0.2, 0.25) is 0 Å². The zero-order valence-electron chi connectivity index (χ0n) is 10.5. The highest BCUT2D eigenvalue weighted by molar-refractivity contribution is 9.10. The van der Waals surface area contributed by atoms with Crippen LogP contribution in [0.1, 0.15) is 26.2 Å². The quantitative estimate of drug-likeness (QED) is 0.801. The first-order chi connectivity index (χ1) is 8.80. The number of hydrogen-bond acceptors (Lipinski definition) is 3. The summed E-state index contributed by atoms with van der Waals surface area (Å²) in [7, 11) is -3.68. The monoisotopic (exact) mass is 350 g/mol. The molecule has 3 N–H and O–H groups in total. The summed E-state index contributed by atoms with van der Waals surface area (Å²) in [6.45, 7) is 2.46. The van der Waals surface area contributed by atoms with E-state index in [-0.39, 0.29) is 20.5 Å². The van der Waals surface area contributed by atoms with Crippen LogP contribution >= 0.6 is 15.9 Å². The van der Waals surface area contributed by atoms with Gasteiger partial charge in [-0.15, -0.1) is 0 Å². The van der Waals surface area contributed by atoms with Crippen LogP contribution in [0.3, 0.4) is 0 Å². The topological polar surface area (TPSA) is 72.2 Å². The molecule has 0 bridgehead atoms. The number of halogens is 2. The molecule has 0 radical (unpaired) electrons. The maximum Gasteiger partial charge on any atom is 0.241 e. The first-order valence-electron chi connectivity index (χ1n) is 6.04. The van der Waals surface area contributed by atoms with Gasteiger partial charge >= 0.3 is 0 Å². The zero-order valence-corrected chi connectivity index (χ0v) is 12.9. The predicted octanol–water partition coefficient (Wildman–Crippen LogP) is 2.64. The fraction of sp³-hybridized carbons (Fsp3) is 0.500. The molecule has 7 heteroatoms. The minimum absolute atomic E-state index is 0.0293. The Bertz CT molecular complexity index is 600. The second-order valence-corrected chi connectivity index (χ2v) is 7.57. The Balaban J connectivity index is 2.22. The van der Waals surface area contributed by atoms with E-state index in [0.717, 1.165) is 31.4 Å². The lowest BCUT2D eigenvalue weighted by atomic mass is 10.1. The van der Waals surface area contributed by atoms with Crippen LogP contribution in [-0.2, 0) is 10.0 Å². The molecule has 1 aliphatic carbocycles. The van der Waals surface area contributed by atoms with E-state index in [9.17, 15) is 12.8 Å². The van der Waals surface area contributed by atoms with Crippen LogP contribution in [-0.4, -0.2) is 15.0 Å². The summed E-state index contributed by atoms with van der Waals surface area (Å²) >= 11 is 3.06. The normalized spacial score (nSPS) is 17.4. The molecule has 4 nitrogen and oxygen atoms in total. The maximum absolute atomic E-state index is 13.2. The van der Waals surface area contributed by atoms with Gasteiger partial charge in [-0.25, -0.2) is 17.5 Å². The highest BCUT2D eigenvalue weighted by Crippen LogP contribution is 2.48. The number of hydrogen-bond donors (Lipinski definition) is 2. The fourth-order valence-electron chi connectivity index (χ4n) is 1.91. The largest absolute Gasteiger partial charge is 0.396 e. The standard InChI is InChI=1S/C12H16BrFN2O2S/c1-2-12(3-4-12)7-16-19(17,18)11-6-10(15)9(14)5-8(11)13/h5-6,16H,2-4,7,15H2,1H3. The Hall–Kier alpha value is -0.660. The maximum atomic E-state index is 13.2. The average molecular weight is 351 g/mol. The second kappa shape index (κ2) is 5.03. The zero-order chi connectivity index (χ0) is 14.3. The SMILES string of the molecule is CCC1(CNS(=O)(=O)c2cc(N)c(F)cc2Br)CC1. The van der Waals surface area contributed by atoms with Crippen LogP contribution in [0, 0.1) is 11.2 Å². The van der Waals surface area contributed by atoms with Crippen LogP contribution in [0.5, 0.6) is 0 Å². The summed E-state index contributed by atoms with van der Waals surface area (Å²) < 4.78 is 40.3. The Kier molecular flexibility index (Phi) is 3.90. The van der Waals surface area contributed by atoms with Crippen molar-refractivity contribution in [3.8, 4) is 0 Å². The first-order valence-corrected chi connectivity index (χ1v) is 8.31. The number of benzene rings is 1. The van der Waals surface area contributed by atoms with Gasteiger partial charge in [0.05, 0.1) is 10.6 Å². The number of rotatable bonds is 5. The molecule has 1 aliphatic rings. The number of nitrogen functional groups attached to an aromatic ring is 1. The van der Waals surface area contributed by atoms with Crippen molar-refractivity contribution < 1.29 is 12.8 Å². The molecule has 19 heavy (non-hydrogen) atoms. The molecule has 0 spiro atoms. The first kappa shape index (κ1) is 14.7. The van der Waals surface area contributed by atoms with Crippen molar-refractivity contribution in [1.29, 1.82) is 0 Å². The van der Waals surface area contributed by atoms with Gasteiger partial charge in [-0.2, -0.15) is 0 Å². The Morgan fingerprint density at radius 3 is 2.63 bits per heavy atom. The number of sulfonamides is 1. The van der Waals surface area contributed by atoms with Crippen molar-refractivity contribution in [1.82, 2.24) is 4.72 Å². The van der Waals surface area contributed by atoms with Crippen molar-refractivity contribution in [3.63, 3.8) is 0 Å². The fourth-order valence-corrected chi connectivity index (χ4v) is 4.11. The summed E-state index contributed by atoms with van der Waals surface area (Å²) in [4.78, 5) is -0.0293. The van der Waals surface area contributed by atoms with E-state index >= 15 is 0 Å². The molecule has 0 heterocycles. The molecule has 106 valence electrons. The summed E-state index contributed by atoms with van der Waals surface area (Å²) in [5.74, 6) is -0.641. The Morgan fingerprint density at radius 2 is 2.11 bits per heavy atom. The lowest BCUT2D eigenvalue weighted by molar-refractivity contribution is 0.475. The van der Waals surface area contributed by atoms with E-state index in [1.54, 1.807) is 0 Å². The van der Waals surface area contributed by atoms with E-state index in [4.69, 9.17) is 5.73 Å². The number of nitrogens with two attached hydrogens (primary N) is 1. The third-order valence-electron chi connectivity index (χ3n) is 3.69. The predicted molar refractivity (Wildman–Crippen MR) is 75.7 cm³/mol. The van der Waals surface area contributed by atoms with Gasteiger partial charge in [-0.3, -0.25) is 0 Å². The van der Waals surface area contributed by atoms with Crippen LogP contribution in [0.4, 0.5) is 10.1 Å². The lowest BCUT2D eigenvalue weighted by Crippen LogP contribution is -2.30. The molecule has 1 aromatic rings. The van der Waals surface area contributed by atoms with Crippen molar-refractivity contribution in [2.75, 3.05) is 12.3 Å². The van der Waals surface area contributed by atoms with Gasteiger partial charge in [0.15, 0.2) is 0 Å². The van der Waals surface area contributed by atoms with E-state index < -0.39 is 15.8 Å².